The molecule has 2 aliphatic rings. The molecule has 4 rings (SSSR count). The molecule has 186 valence electrons. The third kappa shape index (κ3) is 5.05. The SMILES string of the molecule is CCOc1ccc(C(O)=C2C(=O)C(=O)N(CC3CCCO3)C2c2ccc(N(CC)CC)cc2)cc1. The number of nitrogens with zero attached hydrogens (tertiary/aromatic N) is 2. The van der Waals surface area contributed by atoms with Crippen LogP contribution in [0.3, 0.4) is 0 Å². The van der Waals surface area contributed by atoms with E-state index in [0.29, 0.717) is 31.1 Å². The highest BCUT2D eigenvalue weighted by molar-refractivity contribution is 6.46. The van der Waals surface area contributed by atoms with E-state index < -0.39 is 17.7 Å². The van der Waals surface area contributed by atoms with Gasteiger partial charge in [0.2, 0.25) is 0 Å². The van der Waals surface area contributed by atoms with E-state index in [2.05, 4.69) is 18.7 Å². The van der Waals surface area contributed by atoms with E-state index in [1.807, 2.05) is 31.2 Å². The number of hydrogen-bond donors (Lipinski definition) is 1. The third-order valence-electron chi connectivity index (χ3n) is 6.74. The Morgan fingerprint density at radius 2 is 1.74 bits per heavy atom. The number of aliphatic hydroxyl groups is 1. The van der Waals surface area contributed by atoms with Gasteiger partial charge in [-0.15, -0.1) is 0 Å². The van der Waals surface area contributed by atoms with E-state index in [-0.39, 0.29) is 17.4 Å². The summed E-state index contributed by atoms with van der Waals surface area (Å²) in [5.41, 5.74) is 2.42. The lowest BCUT2D eigenvalue weighted by Crippen LogP contribution is -2.36. The fraction of sp³-hybridized carbons (Fsp3) is 0.429. The number of carbonyl (C=O) groups excluding carboxylic acids is 2. The number of hydrogen-bond acceptors (Lipinski definition) is 6. The molecule has 7 heteroatoms. The predicted octanol–water partition coefficient (Wildman–Crippen LogP) is 4.53. The Balaban J connectivity index is 1.76. The number of amides is 1. The molecule has 7 nitrogen and oxygen atoms in total. The van der Waals surface area contributed by atoms with Crippen molar-refractivity contribution in [3.05, 3.63) is 65.2 Å². The molecule has 2 heterocycles. The average Bonchev–Trinajstić information content (AvgIpc) is 3.48. The van der Waals surface area contributed by atoms with E-state index in [1.165, 1.54) is 0 Å². The molecule has 2 unspecified atom stereocenters. The van der Waals surface area contributed by atoms with E-state index in [0.717, 1.165) is 37.2 Å². The fourth-order valence-corrected chi connectivity index (χ4v) is 4.91. The summed E-state index contributed by atoms with van der Waals surface area (Å²) in [6.45, 7) is 9.36. The van der Waals surface area contributed by atoms with Gasteiger partial charge < -0.3 is 24.4 Å². The van der Waals surface area contributed by atoms with Crippen molar-refractivity contribution in [2.24, 2.45) is 0 Å². The van der Waals surface area contributed by atoms with Gasteiger partial charge in [0.1, 0.15) is 11.5 Å². The normalized spacial score (nSPS) is 21.5. The molecule has 2 aliphatic heterocycles. The predicted molar refractivity (Wildman–Crippen MR) is 136 cm³/mol. The number of anilines is 1. The van der Waals surface area contributed by atoms with E-state index in [4.69, 9.17) is 9.47 Å². The van der Waals surface area contributed by atoms with Gasteiger partial charge in [-0.2, -0.15) is 0 Å². The minimum absolute atomic E-state index is 0.104. The highest BCUT2D eigenvalue weighted by Crippen LogP contribution is 2.40. The van der Waals surface area contributed by atoms with Gasteiger partial charge >= 0.3 is 0 Å². The molecule has 0 bridgehead atoms. The van der Waals surface area contributed by atoms with E-state index >= 15 is 0 Å². The molecule has 2 aromatic rings. The van der Waals surface area contributed by atoms with Crippen LogP contribution < -0.4 is 9.64 Å². The summed E-state index contributed by atoms with van der Waals surface area (Å²) < 4.78 is 11.3. The Morgan fingerprint density at radius 3 is 2.31 bits per heavy atom. The second-order valence-electron chi connectivity index (χ2n) is 8.81. The smallest absolute Gasteiger partial charge is 0.295 e. The number of benzene rings is 2. The maximum absolute atomic E-state index is 13.2. The highest BCUT2D eigenvalue weighted by Gasteiger charge is 2.47. The largest absolute Gasteiger partial charge is 0.507 e. The van der Waals surface area contributed by atoms with Gasteiger partial charge in [0.25, 0.3) is 11.7 Å². The van der Waals surface area contributed by atoms with Crippen molar-refractivity contribution in [1.29, 1.82) is 0 Å². The second-order valence-corrected chi connectivity index (χ2v) is 8.81. The topological polar surface area (TPSA) is 79.3 Å². The highest BCUT2D eigenvalue weighted by atomic mass is 16.5. The van der Waals surface area contributed by atoms with Gasteiger partial charge in [-0.25, -0.2) is 0 Å². The van der Waals surface area contributed by atoms with Crippen molar-refractivity contribution in [1.82, 2.24) is 4.90 Å². The van der Waals surface area contributed by atoms with Crippen LogP contribution in [0.25, 0.3) is 5.76 Å². The summed E-state index contributed by atoms with van der Waals surface area (Å²) in [6.07, 6.45) is 1.66. The molecular weight excluding hydrogens is 444 g/mol. The van der Waals surface area contributed by atoms with Crippen molar-refractivity contribution in [2.45, 2.75) is 45.8 Å². The molecule has 2 fully saturated rings. The summed E-state index contributed by atoms with van der Waals surface area (Å²) in [4.78, 5) is 30.2. The van der Waals surface area contributed by atoms with E-state index in [1.54, 1.807) is 29.2 Å². The van der Waals surface area contributed by atoms with Crippen LogP contribution in [-0.4, -0.2) is 60.6 Å². The number of rotatable bonds is 9. The molecule has 0 aromatic heterocycles. The first-order valence-electron chi connectivity index (χ1n) is 12.5. The van der Waals surface area contributed by atoms with Crippen LogP contribution in [0.4, 0.5) is 5.69 Å². The van der Waals surface area contributed by atoms with Crippen molar-refractivity contribution < 1.29 is 24.2 Å². The van der Waals surface area contributed by atoms with Crippen LogP contribution in [0, 0.1) is 0 Å². The first-order valence-corrected chi connectivity index (χ1v) is 12.5. The lowest BCUT2D eigenvalue weighted by molar-refractivity contribution is -0.140. The monoisotopic (exact) mass is 478 g/mol. The number of carbonyl (C=O) groups is 2. The second kappa shape index (κ2) is 11.0. The zero-order valence-electron chi connectivity index (χ0n) is 20.7. The van der Waals surface area contributed by atoms with Crippen LogP contribution >= 0.6 is 0 Å². The minimum Gasteiger partial charge on any atom is -0.507 e. The summed E-state index contributed by atoms with van der Waals surface area (Å²) in [5, 5.41) is 11.3. The van der Waals surface area contributed by atoms with Crippen LogP contribution in [0.5, 0.6) is 5.75 Å². The molecule has 2 atom stereocenters. The molecule has 0 spiro atoms. The van der Waals surface area contributed by atoms with Gasteiger partial charge in [-0.1, -0.05) is 12.1 Å². The van der Waals surface area contributed by atoms with Gasteiger partial charge in [0.05, 0.1) is 24.3 Å². The maximum Gasteiger partial charge on any atom is 0.295 e. The number of ketones is 1. The molecule has 35 heavy (non-hydrogen) atoms. The van der Waals surface area contributed by atoms with Crippen molar-refractivity contribution in [3.8, 4) is 5.75 Å². The molecule has 0 saturated carbocycles. The zero-order chi connectivity index (χ0) is 24.9. The fourth-order valence-electron chi connectivity index (χ4n) is 4.91. The molecule has 2 saturated heterocycles. The summed E-state index contributed by atoms with van der Waals surface area (Å²) in [5.74, 6) is -0.788. The number of ether oxygens (including phenoxy) is 2. The molecule has 0 aliphatic carbocycles. The standard InChI is InChI=1S/C28H34N2O5/c1-4-29(5-2)21-13-9-19(10-14-21)25-24(26(31)20-11-15-22(16-12-20)34-6-3)27(32)28(33)30(25)18-23-8-7-17-35-23/h9-16,23,25,31H,4-8,17-18H2,1-3H3. The zero-order valence-corrected chi connectivity index (χ0v) is 20.7. The first kappa shape index (κ1) is 24.8. The number of aliphatic hydroxyl groups excluding tert-OH is 1. The van der Waals surface area contributed by atoms with Crippen LogP contribution in [0.2, 0.25) is 0 Å². The maximum atomic E-state index is 13.2. The quantitative estimate of drug-likeness (QED) is 0.324. The van der Waals surface area contributed by atoms with Gasteiger partial charge in [-0.3, -0.25) is 9.59 Å². The Bertz CT molecular complexity index is 1070. The lowest BCUT2D eigenvalue weighted by Gasteiger charge is -2.28. The average molecular weight is 479 g/mol. The summed E-state index contributed by atoms with van der Waals surface area (Å²) in [6, 6.07) is 14.1. The number of likely N-dealkylation sites (tertiary alicyclic amines) is 1. The summed E-state index contributed by atoms with van der Waals surface area (Å²) in [7, 11) is 0. The molecule has 1 amide bonds. The van der Waals surface area contributed by atoms with Crippen molar-refractivity contribution in [2.75, 3.05) is 37.7 Å². The van der Waals surface area contributed by atoms with Gasteiger partial charge in [0.15, 0.2) is 0 Å². The molecular formula is C28H34N2O5. The van der Waals surface area contributed by atoms with E-state index in [9.17, 15) is 14.7 Å². The van der Waals surface area contributed by atoms with Gasteiger partial charge in [0, 0.05) is 37.5 Å². The van der Waals surface area contributed by atoms with Crippen LogP contribution in [0.15, 0.2) is 54.1 Å². The van der Waals surface area contributed by atoms with Gasteiger partial charge in [-0.05, 0) is 75.6 Å². The lowest BCUT2D eigenvalue weighted by atomic mass is 9.95. The Hall–Kier alpha value is -3.32. The van der Waals surface area contributed by atoms with Crippen LogP contribution in [-0.2, 0) is 14.3 Å². The van der Waals surface area contributed by atoms with Crippen LogP contribution in [0.1, 0.15) is 50.8 Å². The number of Topliss-reactive ketones (excluding diaryl/α,β-unsaturated/α-hetero) is 1. The Kier molecular flexibility index (Phi) is 7.76. The Morgan fingerprint density at radius 1 is 1.06 bits per heavy atom. The Labute approximate surface area is 206 Å². The summed E-state index contributed by atoms with van der Waals surface area (Å²) >= 11 is 0. The molecule has 1 N–H and O–H groups in total. The van der Waals surface area contributed by atoms with Crippen molar-refractivity contribution in [3.63, 3.8) is 0 Å². The van der Waals surface area contributed by atoms with Crippen molar-refractivity contribution >= 4 is 23.1 Å². The first-order chi connectivity index (χ1) is 17.0. The third-order valence-corrected chi connectivity index (χ3v) is 6.74. The minimum atomic E-state index is -0.684. The molecule has 2 aromatic carbocycles. The molecule has 0 radical (unpaired) electrons.